The minimum absolute atomic E-state index is 0. The lowest BCUT2D eigenvalue weighted by molar-refractivity contribution is 0.0904. The molecule has 7 nitrogen and oxygen atoms in total. The van der Waals surface area contributed by atoms with Gasteiger partial charge in [-0.1, -0.05) is 30.3 Å². The van der Waals surface area contributed by atoms with Gasteiger partial charge in [-0.25, -0.2) is 8.42 Å². The molecule has 0 atom stereocenters. The third-order valence-electron chi connectivity index (χ3n) is 4.56. The van der Waals surface area contributed by atoms with Gasteiger partial charge in [0, 0.05) is 39.3 Å². The number of halogens is 1. The van der Waals surface area contributed by atoms with Crippen molar-refractivity contribution in [2.24, 2.45) is 4.99 Å². The molecule has 1 fully saturated rings. The second-order valence-electron chi connectivity index (χ2n) is 7.09. The molecule has 0 amide bonds. The van der Waals surface area contributed by atoms with Crippen LogP contribution in [0.3, 0.4) is 0 Å². The zero-order chi connectivity index (χ0) is 20.4. The highest BCUT2D eigenvalue weighted by Gasteiger charge is 2.27. The van der Waals surface area contributed by atoms with E-state index >= 15 is 0 Å². The molecule has 1 saturated heterocycles. The number of hydrogen-bond donors (Lipinski definition) is 1. The SMILES string of the molecule is CCNC(=NCCc1ccccc1)N1CCN(S(=O)(=O)CCOC(C)C)CC1.I. The molecule has 0 saturated carbocycles. The van der Waals surface area contributed by atoms with E-state index in [0.29, 0.717) is 32.7 Å². The molecule has 0 spiro atoms. The number of nitrogens with zero attached hydrogens (tertiary/aromatic N) is 3. The second-order valence-corrected chi connectivity index (χ2v) is 9.18. The van der Waals surface area contributed by atoms with Crippen LogP contribution >= 0.6 is 24.0 Å². The maximum Gasteiger partial charge on any atom is 0.216 e. The highest BCUT2D eigenvalue weighted by molar-refractivity contribution is 14.0. The zero-order valence-corrected chi connectivity index (χ0v) is 20.9. The molecule has 29 heavy (non-hydrogen) atoms. The predicted molar refractivity (Wildman–Crippen MR) is 130 cm³/mol. The summed E-state index contributed by atoms with van der Waals surface area (Å²) in [6.07, 6.45) is 0.932. The Kier molecular flexibility index (Phi) is 12.1. The van der Waals surface area contributed by atoms with Gasteiger partial charge in [-0.3, -0.25) is 4.99 Å². The van der Waals surface area contributed by atoms with Gasteiger partial charge in [0.05, 0.1) is 18.5 Å². The summed E-state index contributed by atoms with van der Waals surface area (Å²) in [7, 11) is -3.27. The predicted octanol–water partition coefficient (Wildman–Crippen LogP) is 2.19. The molecule has 0 radical (unpaired) electrons. The molecule has 2 rings (SSSR count). The van der Waals surface area contributed by atoms with E-state index in [9.17, 15) is 8.42 Å². The molecule has 1 aromatic carbocycles. The number of piperazine rings is 1. The summed E-state index contributed by atoms with van der Waals surface area (Å²) >= 11 is 0. The van der Waals surface area contributed by atoms with E-state index in [0.717, 1.165) is 18.9 Å². The minimum Gasteiger partial charge on any atom is -0.378 e. The third-order valence-corrected chi connectivity index (χ3v) is 6.40. The van der Waals surface area contributed by atoms with Crippen molar-refractivity contribution < 1.29 is 13.2 Å². The maximum atomic E-state index is 12.5. The van der Waals surface area contributed by atoms with Crippen LogP contribution in [0, 0.1) is 0 Å². The van der Waals surface area contributed by atoms with E-state index in [1.165, 1.54) is 5.56 Å². The summed E-state index contributed by atoms with van der Waals surface area (Å²) < 4.78 is 31.9. The molecule has 1 aliphatic heterocycles. The molecule has 1 heterocycles. The first-order chi connectivity index (χ1) is 13.4. The van der Waals surface area contributed by atoms with Crippen molar-refractivity contribution in [1.82, 2.24) is 14.5 Å². The molecule has 0 aliphatic carbocycles. The summed E-state index contributed by atoms with van der Waals surface area (Å²) in [4.78, 5) is 6.88. The Hall–Kier alpha value is -0.910. The van der Waals surface area contributed by atoms with Crippen LogP contribution in [0.5, 0.6) is 0 Å². The van der Waals surface area contributed by atoms with E-state index in [-0.39, 0.29) is 42.4 Å². The lowest BCUT2D eigenvalue weighted by Crippen LogP contribution is -2.54. The van der Waals surface area contributed by atoms with Gasteiger partial charge >= 0.3 is 0 Å². The molecule has 166 valence electrons. The number of rotatable bonds is 9. The van der Waals surface area contributed by atoms with Crippen molar-refractivity contribution >= 4 is 40.0 Å². The normalized spacial score (nSPS) is 16.0. The fourth-order valence-corrected chi connectivity index (χ4v) is 4.34. The topological polar surface area (TPSA) is 74.2 Å². The number of nitrogens with one attached hydrogen (secondary N) is 1. The van der Waals surface area contributed by atoms with E-state index in [2.05, 4.69) is 22.3 Å². The van der Waals surface area contributed by atoms with Gasteiger partial charge < -0.3 is 15.0 Å². The number of ether oxygens (including phenoxy) is 1. The number of guanidine groups is 1. The van der Waals surface area contributed by atoms with Crippen LogP contribution in [-0.2, 0) is 21.2 Å². The summed E-state index contributed by atoms with van der Waals surface area (Å²) in [5.74, 6) is 0.898. The fraction of sp³-hybridized carbons (Fsp3) is 0.650. The number of benzene rings is 1. The molecular weight excluding hydrogens is 503 g/mol. The monoisotopic (exact) mass is 538 g/mol. The molecule has 9 heteroatoms. The first-order valence-electron chi connectivity index (χ1n) is 10.1. The van der Waals surface area contributed by atoms with Gasteiger partial charge in [0.1, 0.15) is 0 Å². The van der Waals surface area contributed by atoms with Crippen molar-refractivity contribution in [3.05, 3.63) is 35.9 Å². The van der Waals surface area contributed by atoms with Gasteiger partial charge in [0.25, 0.3) is 0 Å². The first-order valence-corrected chi connectivity index (χ1v) is 11.7. The molecule has 0 unspecified atom stereocenters. The summed E-state index contributed by atoms with van der Waals surface area (Å²) in [5, 5.41) is 3.33. The van der Waals surface area contributed by atoms with Gasteiger partial charge in [0.2, 0.25) is 10.0 Å². The van der Waals surface area contributed by atoms with E-state index in [1.54, 1.807) is 4.31 Å². The first kappa shape index (κ1) is 26.1. The highest BCUT2D eigenvalue weighted by Crippen LogP contribution is 2.09. The largest absolute Gasteiger partial charge is 0.378 e. The Morgan fingerprint density at radius 1 is 1.17 bits per heavy atom. The van der Waals surface area contributed by atoms with E-state index < -0.39 is 10.0 Å². The number of hydrogen-bond acceptors (Lipinski definition) is 4. The minimum atomic E-state index is -3.27. The van der Waals surface area contributed by atoms with Gasteiger partial charge in [-0.15, -0.1) is 24.0 Å². The molecule has 0 bridgehead atoms. The summed E-state index contributed by atoms with van der Waals surface area (Å²) in [6.45, 7) is 9.83. The fourth-order valence-electron chi connectivity index (χ4n) is 3.06. The summed E-state index contributed by atoms with van der Waals surface area (Å²) in [6, 6.07) is 10.3. The Morgan fingerprint density at radius 2 is 1.83 bits per heavy atom. The maximum absolute atomic E-state index is 12.5. The molecular formula is C20H35IN4O3S. The smallest absolute Gasteiger partial charge is 0.216 e. The average molecular weight is 538 g/mol. The van der Waals surface area contributed by atoms with Crippen LogP contribution in [0.4, 0.5) is 0 Å². The van der Waals surface area contributed by atoms with Crippen molar-refractivity contribution in [2.75, 3.05) is 51.6 Å². The lowest BCUT2D eigenvalue weighted by atomic mass is 10.2. The van der Waals surface area contributed by atoms with Gasteiger partial charge in [-0.05, 0) is 32.8 Å². The zero-order valence-electron chi connectivity index (χ0n) is 17.7. The second kappa shape index (κ2) is 13.4. The highest BCUT2D eigenvalue weighted by atomic mass is 127. The van der Waals surface area contributed by atoms with Crippen LogP contribution in [0.1, 0.15) is 26.3 Å². The van der Waals surface area contributed by atoms with Crippen LogP contribution < -0.4 is 5.32 Å². The Balaban J connectivity index is 0.00000420. The van der Waals surface area contributed by atoms with Crippen LogP contribution in [0.15, 0.2) is 35.3 Å². The van der Waals surface area contributed by atoms with Crippen LogP contribution in [-0.4, -0.2) is 81.3 Å². The molecule has 1 aromatic rings. The van der Waals surface area contributed by atoms with E-state index in [1.807, 2.05) is 39.0 Å². The molecule has 1 N–H and O–H groups in total. The van der Waals surface area contributed by atoms with Crippen molar-refractivity contribution in [1.29, 1.82) is 0 Å². The van der Waals surface area contributed by atoms with E-state index in [4.69, 9.17) is 9.73 Å². The van der Waals surface area contributed by atoms with Crippen molar-refractivity contribution in [3.8, 4) is 0 Å². The van der Waals surface area contributed by atoms with Crippen LogP contribution in [0.25, 0.3) is 0 Å². The average Bonchev–Trinajstić information content (AvgIpc) is 2.68. The van der Waals surface area contributed by atoms with Crippen molar-refractivity contribution in [2.45, 2.75) is 33.3 Å². The number of sulfonamides is 1. The lowest BCUT2D eigenvalue weighted by Gasteiger charge is -2.36. The number of aliphatic imine (C=N–C) groups is 1. The Bertz CT molecular complexity index is 706. The standard InChI is InChI=1S/C20H34N4O3S.HI/c1-4-21-20(22-11-10-19-8-6-5-7-9-19)23-12-14-24(15-13-23)28(25,26)17-16-27-18(2)3;/h5-9,18H,4,10-17H2,1-3H3,(H,21,22);1H. The van der Waals surface area contributed by atoms with Crippen LogP contribution in [0.2, 0.25) is 0 Å². The molecule has 0 aromatic heterocycles. The Labute approximate surface area is 193 Å². The Morgan fingerprint density at radius 3 is 2.41 bits per heavy atom. The summed E-state index contributed by atoms with van der Waals surface area (Å²) in [5.41, 5.74) is 1.27. The third kappa shape index (κ3) is 9.18. The van der Waals surface area contributed by atoms with Gasteiger partial charge in [-0.2, -0.15) is 4.31 Å². The molecule has 1 aliphatic rings. The van der Waals surface area contributed by atoms with Gasteiger partial charge in [0.15, 0.2) is 5.96 Å². The van der Waals surface area contributed by atoms with Crippen molar-refractivity contribution in [3.63, 3.8) is 0 Å². The quantitative estimate of drug-likeness (QED) is 0.297.